The fraction of sp³-hybridized carbons (Fsp3) is 0.308. The number of anilines is 3. The number of hydrogen-bond donors (Lipinski definition) is 2. The lowest BCUT2D eigenvalue weighted by Gasteiger charge is -2.08. The van der Waals surface area contributed by atoms with E-state index >= 15 is 0 Å². The summed E-state index contributed by atoms with van der Waals surface area (Å²) in [5.74, 6) is 1.17. The molecule has 2 N–H and O–H groups in total. The second-order valence-electron chi connectivity index (χ2n) is 4.65. The van der Waals surface area contributed by atoms with E-state index in [1.165, 1.54) is 11.3 Å². The summed E-state index contributed by atoms with van der Waals surface area (Å²) in [7, 11) is 0. The van der Waals surface area contributed by atoms with Crippen LogP contribution in [0.5, 0.6) is 0 Å². The molecule has 1 fully saturated rings. The Kier molecular flexibility index (Phi) is 3.58. The summed E-state index contributed by atoms with van der Waals surface area (Å²) in [6.45, 7) is 1.55. The standard InChI is InChI=1S/C13H13ClN4OS/c1-7(19)10-4-5-11(20-10)17-13-15-6-9(14)12(18-13)16-8-2-3-8/h4-6,8H,2-3H2,1H3,(H2,15,16,17,18). The van der Waals surface area contributed by atoms with Crippen molar-refractivity contribution in [3.63, 3.8) is 0 Å². The molecule has 0 amide bonds. The lowest BCUT2D eigenvalue weighted by Crippen LogP contribution is -2.06. The highest BCUT2D eigenvalue weighted by Gasteiger charge is 2.22. The van der Waals surface area contributed by atoms with Gasteiger partial charge in [-0.15, -0.1) is 11.3 Å². The molecule has 0 unspecified atom stereocenters. The first-order valence-electron chi connectivity index (χ1n) is 6.28. The van der Waals surface area contributed by atoms with Gasteiger partial charge >= 0.3 is 0 Å². The third-order valence-electron chi connectivity index (χ3n) is 2.85. The number of carbonyl (C=O) groups is 1. The number of nitrogens with zero attached hydrogens (tertiary/aromatic N) is 2. The molecule has 2 heterocycles. The van der Waals surface area contributed by atoms with Crippen LogP contribution in [0.15, 0.2) is 18.3 Å². The van der Waals surface area contributed by atoms with Gasteiger partial charge in [-0.05, 0) is 31.9 Å². The van der Waals surface area contributed by atoms with Gasteiger partial charge < -0.3 is 10.6 Å². The van der Waals surface area contributed by atoms with Gasteiger partial charge in [0.15, 0.2) is 11.6 Å². The summed E-state index contributed by atoms with van der Waals surface area (Å²) < 4.78 is 0. The van der Waals surface area contributed by atoms with Crippen molar-refractivity contribution in [1.29, 1.82) is 0 Å². The van der Waals surface area contributed by atoms with Gasteiger partial charge in [-0.2, -0.15) is 4.98 Å². The van der Waals surface area contributed by atoms with Gasteiger partial charge in [0.25, 0.3) is 0 Å². The topological polar surface area (TPSA) is 66.9 Å². The summed E-state index contributed by atoms with van der Waals surface area (Å²) in [5.41, 5.74) is 0. The highest BCUT2D eigenvalue weighted by atomic mass is 35.5. The molecule has 1 aliphatic rings. The van der Waals surface area contributed by atoms with E-state index in [1.807, 2.05) is 6.07 Å². The van der Waals surface area contributed by atoms with Crippen LogP contribution in [0.2, 0.25) is 5.02 Å². The number of ketones is 1. The lowest BCUT2D eigenvalue weighted by molar-refractivity contribution is 0.102. The maximum absolute atomic E-state index is 11.3. The number of aromatic nitrogens is 2. The fourth-order valence-corrected chi connectivity index (χ4v) is 2.59. The SMILES string of the molecule is CC(=O)c1ccc(Nc2ncc(Cl)c(NC3CC3)n2)s1. The van der Waals surface area contributed by atoms with E-state index in [4.69, 9.17) is 11.6 Å². The molecule has 0 bridgehead atoms. The zero-order valence-electron chi connectivity index (χ0n) is 10.8. The van der Waals surface area contributed by atoms with E-state index in [1.54, 1.807) is 19.2 Å². The summed E-state index contributed by atoms with van der Waals surface area (Å²) in [6.07, 6.45) is 3.87. The highest BCUT2D eigenvalue weighted by molar-refractivity contribution is 7.18. The smallest absolute Gasteiger partial charge is 0.229 e. The first-order valence-corrected chi connectivity index (χ1v) is 7.48. The Morgan fingerprint density at radius 1 is 1.45 bits per heavy atom. The van der Waals surface area contributed by atoms with Gasteiger partial charge in [-0.3, -0.25) is 4.79 Å². The molecule has 0 aliphatic heterocycles. The number of carbonyl (C=O) groups excluding carboxylic acids is 1. The Hall–Kier alpha value is -1.66. The minimum Gasteiger partial charge on any atom is -0.366 e. The molecule has 0 saturated heterocycles. The molecule has 5 nitrogen and oxygen atoms in total. The minimum absolute atomic E-state index is 0.0520. The van der Waals surface area contributed by atoms with Gasteiger partial charge in [0.1, 0.15) is 5.02 Å². The van der Waals surface area contributed by atoms with Gasteiger partial charge in [-0.25, -0.2) is 4.98 Å². The second-order valence-corrected chi connectivity index (χ2v) is 6.14. The molecule has 104 valence electrons. The van der Waals surface area contributed by atoms with Crippen molar-refractivity contribution in [3.05, 3.63) is 28.2 Å². The molecule has 1 saturated carbocycles. The molecule has 0 radical (unpaired) electrons. The fourth-order valence-electron chi connectivity index (χ4n) is 1.65. The first-order chi connectivity index (χ1) is 9.61. The van der Waals surface area contributed by atoms with E-state index in [0.717, 1.165) is 17.8 Å². The molecule has 2 aromatic rings. The van der Waals surface area contributed by atoms with Crippen LogP contribution in [-0.2, 0) is 0 Å². The average Bonchev–Trinajstić information content (AvgIpc) is 3.09. The van der Waals surface area contributed by atoms with Gasteiger partial charge in [0, 0.05) is 6.04 Å². The Labute approximate surface area is 125 Å². The zero-order valence-corrected chi connectivity index (χ0v) is 12.4. The number of thiophene rings is 1. The molecule has 0 aromatic carbocycles. The predicted molar refractivity (Wildman–Crippen MR) is 81.3 cm³/mol. The number of nitrogens with one attached hydrogen (secondary N) is 2. The van der Waals surface area contributed by atoms with Crippen LogP contribution < -0.4 is 10.6 Å². The monoisotopic (exact) mass is 308 g/mol. The molecule has 1 aliphatic carbocycles. The Bertz CT molecular complexity index is 654. The average molecular weight is 309 g/mol. The van der Waals surface area contributed by atoms with Crippen molar-refractivity contribution in [2.45, 2.75) is 25.8 Å². The molecular weight excluding hydrogens is 296 g/mol. The third kappa shape index (κ3) is 3.08. The summed E-state index contributed by atoms with van der Waals surface area (Å²) >= 11 is 7.44. The van der Waals surface area contributed by atoms with E-state index in [0.29, 0.717) is 27.7 Å². The largest absolute Gasteiger partial charge is 0.366 e. The first kappa shape index (κ1) is 13.3. The van der Waals surface area contributed by atoms with E-state index in [-0.39, 0.29) is 5.78 Å². The van der Waals surface area contributed by atoms with Crippen LogP contribution in [-0.4, -0.2) is 21.8 Å². The van der Waals surface area contributed by atoms with Crippen LogP contribution in [0.4, 0.5) is 16.8 Å². The van der Waals surface area contributed by atoms with E-state index < -0.39 is 0 Å². The molecule has 2 aromatic heterocycles. The summed E-state index contributed by atoms with van der Waals surface area (Å²) in [6, 6.07) is 4.10. The summed E-state index contributed by atoms with van der Waals surface area (Å²) in [5, 5.41) is 7.69. The Morgan fingerprint density at radius 3 is 2.90 bits per heavy atom. The van der Waals surface area contributed by atoms with Crippen molar-refractivity contribution in [1.82, 2.24) is 9.97 Å². The number of Topliss-reactive ketones (excluding diaryl/α,β-unsaturated/α-hetero) is 1. The zero-order chi connectivity index (χ0) is 14.1. The van der Waals surface area contributed by atoms with Crippen LogP contribution in [0.25, 0.3) is 0 Å². The highest BCUT2D eigenvalue weighted by Crippen LogP contribution is 2.29. The van der Waals surface area contributed by atoms with Gasteiger partial charge in [-0.1, -0.05) is 11.6 Å². The molecule has 7 heteroatoms. The second kappa shape index (κ2) is 5.38. The quantitative estimate of drug-likeness (QED) is 0.824. The van der Waals surface area contributed by atoms with Crippen molar-refractivity contribution in [2.24, 2.45) is 0 Å². The van der Waals surface area contributed by atoms with Gasteiger partial charge in [0.05, 0.1) is 16.1 Å². The molecule has 0 spiro atoms. The van der Waals surface area contributed by atoms with Crippen LogP contribution in [0.1, 0.15) is 29.4 Å². The normalized spacial score (nSPS) is 14.1. The van der Waals surface area contributed by atoms with Crippen molar-refractivity contribution in [3.8, 4) is 0 Å². The lowest BCUT2D eigenvalue weighted by atomic mass is 10.4. The summed E-state index contributed by atoms with van der Waals surface area (Å²) in [4.78, 5) is 20.5. The maximum atomic E-state index is 11.3. The number of halogens is 1. The molecule has 0 atom stereocenters. The van der Waals surface area contributed by atoms with Crippen molar-refractivity contribution in [2.75, 3.05) is 10.6 Å². The third-order valence-corrected chi connectivity index (χ3v) is 4.23. The van der Waals surface area contributed by atoms with Crippen LogP contribution in [0.3, 0.4) is 0 Å². The predicted octanol–water partition coefficient (Wildman–Crippen LogP) is 3.71. The van der Waals surface area contributed by atoms with Crippen LogP contribution in [0, 0.1) is 0 Å². The molecule has 20 heavy (non-hydrogen) atoms. The van der Waals surface area contributed by atoms with E-state index in [2.05, 4.69) is 20.6 Å². The Balaban J connectivity index is 1.77. The Morgan fingerprint density at radius 2 is 2.25 bits per heavy atom. The van der Waals surface area contributed by atoms with Crippen molar-refractivity contribution < 1.29 is 4.79 Å². The maximum Gasteiger partial charge on any atom is 0.229 e. The van der Waals surface area contributed by atoms with Crippen LogP contribution >= 0.6 is 22.9 Å². The molecular formula is C13H13ClN4OS. The van der Waals surface area contributed by atoms with E-state index in [9.17, 15) is 4.79 Å². The van der Waals surface area contributed by atoms with Crippen molar-refractivity contribution >= 4 is 45.5 Å². The van der Waals surface area contributed by atoms with Gasteiger partial charge in [0.2, 0.25) is 5.95 Å². The minimum atomic E-state index is 0.0520. The molecule has 3 rings (SSSR count). The number of hydrogen-bond acceptors (Lipinski definition) is 6. The number of rotatable bonds is 5.